The van der Waals surface area contributed by atoms with Gasteiger partial charge in [-0.1, -0.05) is 61.2 Å². The van der Waals surface area contributed by atoms with E-state index in [0.29, 0.717) is 52.0 Å². The van der Waals surface area contributed by atoms with Crippen LogP contribution in [-0.2, 0) is 24.3 Å². The smallest absolute Gasteiger partial charge is 0.309 e. The van der Waals surface area contributed by atoms with Crippen molar-refractivity contribution in [2.45, 2.75) is 38.0 Å². The molecule has 3 heterocycles. The third-order valence-corrected chi connectivity index (χ3v) is 10.5. The summed E-state index contributed by atoms with van der Waals surface area (Å²) in [5.41, 5.74) is 2.63. The molecule has 9 nitrogen and oxygen atoms in total. The number of nitrogens with zero attached hydrogens (tertiary/aromatic N) is 4. The second-order valence-electron chi connectivity index (χ2n) is 10.0. The van der Waals surface area contributed by atoms with Gasteiger partial charge in [-0.25, -0.2) is 13.1 Å². The predicted molar refractivity (Wildman–Crippen MR) is 167 cm³/mol. The fourth-order valence-electron chi connectivity index (χ4n) is 5.03. The number of hydrogen-bond acceptors (Lipinski definition) is 8. The van der Waals surface area contributed by atoms with Gasteiger partial charge in [-0.15, -0.1) is 0 Å². The number of esters is 1. The van der Waals surface area contributed by atoms with Crippen LogP contribution in [0.15, 0.2) is 70.6 Å². The van der Waals surface area contributed by atoms with Gasteiger partial charge in [0.1, 0.15) is 10.0 Å². The summed E-state index contributed by atoms with van der Waals surface area (Å²) in [6.07, 6.45) is 5.23. The Morgan fingerprint density at radius 3 is 2.55 bits per heavy atom. The molecule has 0 bridgehead atoms. The minimum atomic E-state index is -3.81. The number of thiocarbonyl (C=S) groups is 1. The Kier molecular flexibility index (Phi) is 9.26. The highest BCUT2D eigenvalue weighted by atomic mass is 32.2. The first kappa shape index (κ1) is 30.1. The predicted octanol–water partition coefficient (Wildman–Crippen LogP) is 5.11. The van der Waals surface area contributed by atoms with E-state index < -0.39 is 10.0 Å². The van der Waals surface area contributed by atoms with Crippen LogP contribution in [0.1, 0.15) is 38.7 Å². The monoisotopic (exact) mass is 624 g/mol. The number of ether oxygens (including phenoxy) is 1. The van der Waals surface area contributed by atoms with Crippen LogP contribution in [-0.4, -0.2) is 69.8 Å². The van der Waals surface area contributed by atoms with Crippen molar-refractivity contribution < 1.29 is 22.7 Å². The van der Waals surface area contributed by atoms with Gasteiger partial charge in [0.2, 0.25) is 10.0 Å². The van der Waals surface area contributed by atoms with E-state index in [1.807, 2.05) is 49.5 Å². The molecule has 0 spiro atoms. The minimum Gasteiger partial charge on any atom is -0.466 e. The van der Waals surface area contributed by atoms with E-state index in [1.165, 1.54) is 16.1 Å². The topological polar surface area (TPSA) is 102 Å². The van der Waals surface area contributed by atoms with E-state index in [9.17, 15) is 18.0 Å². The van der Waals surface area contributed by atoms with Gasteiger partial charge < -0.3 is 4.74 Å². The molecule has 12 heteroatoms. The molecule has 3 aromatic rings. The van der Waals surface area contributed by atoms with Crippen LogP contribution in [0.3, 0.4) is 0 Å². The van der Waals surface area contributed by atoms with Crippen LogP contribution in [0.5, 0.6) is 0 Å². The Morgan fingerprint density at radius 1 is 1.12 bits per heavy atom. The van der Waals surface area contributed by atoms with Gasteiger partial charge in [0.05, 0.1) is 28.0 Å². The first-order valence-corrected chi connectivity index (χ1v) is 16.6. The van der Waals surface area contributed by atoms with Crippen LogP contribution < -0.4 is 0 Å². The zero-order valence-corrected chi connectivity index (χ0v) is 25.9. The largest absolute Gasteiger partial charge is 0.466 e. The lowest BCUT2D eigenvalue weighted by Crippen LogP contribution is -2.40. The van der Waals surface area contributed by atoms with Gasteiger partial charge in [0.25, 0.3) is 5.91 Å². The van der Waals surface area contributed by atoms with Crippen molar-refractivity contribution in [2.24, 2.45) is 5.92 Å². The van der Waals surface area contributed by atoms with Crippen molar-refractivity contribution in [1.82, 2.24) is 19.0 Å². The fourth-order valence-corrected chi connectivity index (χ4v) is 7.85. The Hall–Kier alpha value is -3.32. The molecule has 2 aliphatic heterocycles. The van der Waals surface area contributed by atoms with E-state index in [-0.39, 0.29) is 35.8 Å². The van der Waals surface area contributed by atoms with Crippen LogP contribution in [0, 0.1) is 5.92 Å². The zero-order valence-electron chi connectivity index (χ0n) is 23.4. The standard InChI is InChI=1S/C30H32N4O5S3/c1-3-15-33-28(35)26(41-30(33)40)19-23-20-34(24-10-6-5-7-11-24)31-27(23)22-9-8-12-25(18-22)42(37,38)32-16-13-21(14-17-32)29(36)39-4-2/h5-12,18-21H,3-4,13-17H2,1-2H3/b26-19-. The molecular formula is C30H32N4O5S3. The number of carbonyl (C=O) groups excluding carboxylic acids is 2. The molecule has 2 saturated heterocycles. The normalized spacial score (nSPS) is 17.8. The van der Waals surface area contributed by atoms with Crippen LogP contribution >= 0.6 is 24.0 Å². The molecule has 0 saturated carbocycles. The van der Waals surface area contributed by atoms with E-state index >= 15 is 0 Å². The quantitative estimate of drug-likeness (QED) is 0.184. The molecule has 1 amide bonds. The van der Waals surface area contributed by atoms with Gasteiger partial charge in [-0.05, 0) is 56.5 Å². The fraction of sp³-hybridized carbons (Fsp3) is 0.333. The second kappa shape index (κ2) is 12.9. The maximum absolute atomic E-state index is 13.6. The van der Waals surface area contributed by atoms with Crippen molar-refractivity contribution in [3.63, 3.8) is 0 Å². The molecule has 0 N–H and O–H groups in total. The lowest BCUT2D eigenvalue weighted by atomic mass is 9.98. The summed E-state index contributed by atoms with van der Waals surface area (Å²) in [6, 6.07) is 16.3. The number of para-hydroxylation sites is 1. The highest BCUT2D eigenvalue weighted by Crippen LogP contribution is 2.35. The van der Waals surface area contributed by atoms with Crippen LogP contribution in [0.4, 0.5) is 0 Å². The number of piperidine rings is 1. The lowest BCUT2D eigenvalue weighted by Gasteiger charge is -2.30. The SMILES string of the molecule is CCCN1C(=O)/C(=C/c2cn(-c3ccccc3)nc2-c2cccc(S(=O)(=O)N3CCC(C(=O)OCC)CC3)c2)SC1=S. The zero-order chi connectivity index (χ0) is 29.9. The molecule has 2 aromatic carbocycles. The summed E-state index contributed by atoms with van der Waals surface area (Å²) in [4.78, 5) is 27.5. The summed E-state index contributed by atoms with van der Waals surface area (Å²) in [5.74, 6) is -0.713. The summed E-state index contributed by atoms with van der Waals surface area (Å²) < 4.78 is 36.1. The molecule has 0 atom stereocenters. The average molecular weight is 625 g/mol. The molecular weight excluding hydrogens is 593 g/mol. The van der Waals surface area contributed by atoms with E-state index in [4.69, 9.17) is 22.1 Å². The van der Waals surface area contributed by atoms with Crippen LogP contribution in [0.2, 0.25) is 0 Å². The molecule has 42 heavy (non-hydrogen) atoms. The number of benzene rings is 2. The van der Waals surface area contributed by atoms with Gasteiger partial charge in [-0.3, -0.25) is 14.5 Å². The van der Waals surface area contributed by atoms with E-state index in [1.54, 1.807) is 40.8 Å². The molecule has 0 radical (unpaired) electrons. The Balaban J connectivity index is 1.49. The van der Waals surface area contributed by atoms with Crippen molar-refractivity contribution >= 4 is 56.3 Å². The van der Waals surface area contributed by atoms with Crippen molar-refractivity contribution in [3.05, 3.63) is 71.3 Å². The average Bonchev–Trinajstić information content (AvgIpc) is 3.54. The first-order valence-electron chi connectivity index (χ1n) is 13.9. The molecule has 0 aliphatic carbocycles. The summed E-state index contributed by atoms with van der Waals surface area (Å²) in [5, 5.41) is 4.82. The minimum absolute atomic E-state index is 0.143. The molecule has 220 valence electrons. The van der Waals surface area contributed by atoms with Crippen LogP contribution in [0.25, 0.3) is 23.0 Å². The third-order valence-electron chi connectivity index (χ3n) is 7.19. The number of rotatable bonds is 9. The highest BCUT2D eigenvalue weighted by molar-refractivity contribution is 8.26. The third kappa shape index (κ3) is 6.22. The summed E-state index contributed by atoms with van der Waals surface area (Å²) in [7, 11) is -3.81. The van der Waals surface area contributed by atoms with Gasteiger partial charge in [0, 0.05) is 37.0 Å². The molecule has 1 aromatic heterocycles. The lowest BCUT2D eigenvalue weighted by molar-refractivity contribution is -0.149. The Bertz CT molecular complexity index is 1630. The van der Waals surface area contributed by atoms with Crippen molar-refractivity contribution in [3.8, 4) is 16.9 Å². The number of carbonyl (C=O) groups is 2. The second-order valence-corrected chi connectivity index (χ2v) is 13.6. The maximum atomic E-state index is 13.6. The molecule has 5 rings (SSSR count). The van der Waals surface area contributed by atoms with Crippen molar-refractivity contribution in [1.29, 1.82) is 0 Å². The first-order chi connectivity index (χ1) is 20.2. The molecule has 2 fully saturated rings. The number of sulfonamides is 1. The highest BCUT2D eigenvalue weighted by Gasteiger charge is 2.34. The Labute approximate surface area is 255 Å². The van der Waals surface area contributed by atoms with Gasteiger partial charge in [-0.2, -0.15) is 9.40 Å². The Morgan fingerprint density at radius 2 is 1.86 bits per heavy atom. The molecule has 0 unspecified atom stereocenters. The van der Waals surface area contributed by atoms with Gasteiger partial charge >= 0.3 is 5.97 Å². The number of thioether (sulfide) groups is 1. The maximum Gasteiger partial charge on any atom is 0.309 e. The van der Waals surface area contributed by atoms with Gasteiger partial charge in [0.15, 0.2) is 0 Å². The number of hydrogen-bond donors (Lipinski definition) is 0. The van der Waals surface area contributed by atoms with Crippen molar-refractivity contribution in [2.75, 3.05) is 26.2 Å². The van der Waals surface area contributed by atoms with E-state index in [2.05, 4.69) is 0 Å². The number of amides is 1. The number of aromatic nitrogens is 2. The van der Waals surface area contributed by atoms with E-state index in [0.717, 1.165) is 12.1 Å². The summed E-state index contributed by atoms with van der Waals surface area (Å²) in [6.45, 7) is 5.09. The summed E-state index contributed by atoms with van der Waals surface area (Å²) >= 11 is 6.70. The molecule has 2 aliphatic rings.